The maximum Gasteiger partial charge on any atom is 0.258 e. The summed E-state index contributed by atoms with van der Waals surface area (Å²) in [5.74, 6) is -1.04. The van der Waals surface area contributed by atoms with E-state index in [-0.39, 0.29) is 47.5 Å². The zero-order chi connectivity index (χ0) is 20.8. The van der Waals surface area contributed by atoms with Crippen LogP contribution in [-0.4, -0.2) is 31.0 Å². The molecule has 0 radical (unpaired) electrons. The first-order valence-electron chi connectivity index (χ1n) is 9.35. The Morgan fingerprint density at radius 3 is 2.47 bits per heavy atom. The molecule has 2 aromatic heterocycles. The largest absolute Gasteiger partial charge is 0.505 e. The van der Waals surface area contributed by atoms with E-state index in [0.29, 0.717) is 22.1 Å². The Balaban J connectivity index is 1.70. The van der Waals surface area contributed by atoms with Crippen molar-refractivity contribution in [2.75, 3.05) is 0 Å². The van der Waals surface area contributed by atoms with E-state index in [1.54, 1.807) is 41.3 Å². The van der Waals surface area contributed by atoms with Crippen molar-refractivity contribution in [3.05, 3.63) is 83.4 Å². The fourth-order valence-electron chi connectivity index (χ4n) is 3.99. The number of carbonyl (C=O) groups excluding carboxylic acids is 1. The number of rotatable bonds is 3. The van der Waals surface area contributed by atoms with Crippen molar-refractivity contribution in [3.8, 4) is 22.8 Å². The lowest BCUT2D eigenvalue weighted by Crippen LogP contribution is -2.23. The van der Waals surface area contributed by atoms with Crippen molar-refractivity contribution in [1.82, 2.24) is 14.9 Å². The minimum absolute atomic E-state index is 0.167. The molecule has 30 heavy (non-hydrogen) atoms. The van der Waals surface area contributed by atoms with Crippen molar-refractivity contribution in [2.45, 2.75) is 13.1 Å². The van der Waals surface area contributed by atoms with Crippen LogP contribution < -0.4 is 0 Å². The van der Waals surface area contributed by atoms with Gasteiger partial charge in [-0.1, -0.05) is 18.2 Å². The second-order valence-corrected chi connectivity index (χ2v) is 7.14. The van der Waals surface area contributed by atoms with Gasteiger partial charge in [-0.05, 0) is 41.5 Å². The number of aromatic hydroxyl groups is 2. The summed E-state index contributed by atoms with van der Waals surface area (Å²) in [5, 5.41) is 21.9. The zero-order valence-electron chi connectivity index (χ0n) is 15.7. The predicted molar refractivity (Wildman–Crippen MR) is 108 cm³/mol. The van der Waals surface area contributed by atoms with Crippen LogP contribution in [0.15, 0.2) is 60.9 Å². The summed E-state index contributed by atoms with van der Waals surface area (Å²) in [6.45, 7) is 0.489. The second kappa shape index (κ2) is 6.81. The average Bonchev–Trinajstić information content (AvgIpc) is 3.07. The Morgan fingerprint density at radius 1 is 0.967 bits per heavy atom. The molecule has 0 bridgehead atoms. The molecule has 148 valence electrons. The monoisotopic (exact) mass is 401 g/mol. The average molecular weight is 401 g/mol. The number of benzene rings is 2. The molecule has 0 unspecified atom stereocenters. The lowest BCUT2D eigenvalue weighted by atomic mass is 9.92. The SMILES string of the molecule is O=C1c2c(c(-c3cccnc3O)c3cccnc3c2O)CN1Cc1ccc(F)cc1. The van der Waals surface area contributed by atoms with Crippen molar-refractivity contribution < 1.29 is 19.4 Å². The number of phenols is 1. The van der Waals surface area contributed by atoms with Crippen LogP contribution in [-0.2, 0) is 13.1 Å². The molecule has 3 heterocycles. The van der Waals surface area contributed by atoms with Gasteiger partial charge < -0.3 is 15.1 Å². The summed E-state index contributed by atoms with van der Waals surface area (Å²) >= 11 is 0. The topological polar surface area (TPSA) is 86.5 Å². The molecule has 0 saturated heterocycles. The van der Waals surface area contributed by atoms with Crippen LogP contribution in [0, 0.1) is 5.82 Å². The molecule has 2 N–H and O–H groups in total. The van der Waals surface area contributed by atoms with E-state index in [9.17, 15) is 19.4 Å². The Labute approximate surface area is 170 Å². The van der Waals surface area contributed by atoms with Crippen molar-refractivity contribution >= 4 is 16.8 Å². The van der Waals surface area contributed by atoms with E-state index < -0.39 is 0 Å². The zero-order valence-corrected chi connectivity index (χ0v) is 15.7. The van der Waals surface area contributed by atoms with Gasteiger partial charge in [0.1, 0.15) is 11.3 Å². The normalized spacial score (nSPS) is 13.1. The number of fused-ring (bicyclic) bond motifs is 2. The Bertz CT molecular complexity index is 1310. The van der Waals surface area contributed by atoms with Crippen LogP contribution in [0.3, 0.4) is 0 Å². The minimum atomic E-state index is -0.348. The minimum Gasteiger partial charge on any atom is -0.505 e. The van der Waals surface area contributed by atoms with Gasteiger partial charge in [0.15, 0.2) is 5.75 Å². The smallest absolute Gasteiger partial charge is 0.258 e. The van der Waals surface area contributed by atoms with E-state index in [1.807, 2.05) is 0 Å². The number of aromatic nitrogens is 2. The van der Waals surface area contributed by atoms with Gasteiger partial charge >= 0.3 is 0 Å². The van der Waals surface area contributed by atoms with Gasteiger partial charge in [-0.2, -0.15) is 0 Å². The van der Waals surface area contributed by atoms with Gasteiger partial charge in [0.25, 0.3) is 5.91 Å². The molecule has 1 aliphatic heterocycles. The van der Waals surface area contributed by atoms with Gasteiger partial charge in [-0.15, -0.1) is 0 Å². The summed E-state index contributed by atoms with van der Waals surface area (Å²) < 4.78 is 13.2. The quantitative estimate of drug-likeness (QED) is 0.542. The predicted octanol–water partition coefficient (Wildman–Crippen LogP) is 4.00. The summed E-state index contributed by atoms with van der Waals surface area (Å²) in [6, 6.07) is 12.9. The van der Waals surface area contributed by atoms with E-state index in [2.05, 4.69) is 9.97 Å². The third-order valence-corrected chi connectivity index (χ3v) is 5.33. The highest BCUT2D eigenvalue weighted by Crippen LogP contribution is 2.45. The Kier molecular flexibility index (Phi) is 4.10. The third kappa shape index (κ3) is 2.75. The number of nitrogens with zero attached hydrogens (tertiary/aromatic N) is 3. The highest BCUT2D eigenvalue weighted by Gasteiger charge is 2.35. The molecule has 5 rings (SSSR count). The molecule has 0 fully saturated rings. The van der Waals surface area contributed by atoms with E-state index >= 15 is 0 Å². The number of hydrogen-bond donors (Lipinski definition) is 2. The number of carbonyl (C=O) groups is 1. The van der Waals surface area contributed by atoms with Crippen molar-refractivity contribution in [2.24, 2.45) is 0 Å². The van der Waals surface area contributed by atoms with Crippen LogP contribution in [0.25, 0.3) is 22.0 Å². The molecule has 2 aromatic carbocycles. The lowest BCUT2D eigenvalue weighted by Gasteiger charge is -2.16. The molecule has 6 nitrogen and oxygen atoms in total. The number of amides is 1. The summed E-state index contributed by atoms with van der Waals surface area (Å²) in [4.78, 5) is 23.0. The molecule has 7 heteroatoms. The summed E-state index contributed by atoms with van der Waals surface area (Å²) in [5.41, 5.74) is 2.90. The number of phenolic OH excluding ortho intramolecular Hbond substituents is 1. The fraction of sp³-hybridized carbons (Fsp3) is 0.0870. The first-order chi connectivity index (χ1) is 14.5. The number of halogens is 1. The van der Waals surface area contributed by atoms with Gasteiger partial charge in [0.05, 0.1) is 5.56 Å². The van der Waals surface area contributed by atoms with Crippen LogP contribution in [0.4, 0.5) is 4.39 Å². The van der Waals surface area contributed by atoms with Gasteiger partial charge in [-0.25, -0.2) is 9.37 Å². The Hall–Kier alpha value is -4.00. The first-order valence-corrected chi connectivity index (χ1v) is 9.35. The van der Waals surface area contributed by atoms with Gasteiger partial charge in [0.2, 0.25) is 5.88 Å². The van der Waals surface area contributed by atoms with Crippen molar-refractivity contribution in [3.63, 3.8) is 0 Å². The van der Waals surface area contributed by atoms with Crippen molar-refractivity contribution in [1.29, 1.82) is 0 Å². The highest BCUT2D eigenvalue weighted by molar-refractivity contribution is 6.12. The third-order valence-electron chi connectivity index (χ3n) is 5.33. The maximum absolute atomic E-state index is 13.2. The molecule has 1 aliphatic rings. The van der Waals surface area contributed by atoms with Crippen LogP contribution in [0.2, 0.25) is 0 Å². The standard InChI is InChI=1S/C23H16FN3O3/c24-14-7-5-13(6-8-14)11-27-12-17-18(16-4-2-10-26-22(16)29)15-3-1-9-25-20(15)21(28)19(17)23(27)30/h1-10,28H,11-12H2,(H,26,29). The molecule has 0 aliphatic carbocycles. The molecular weight excluding hydrogens is 385 g/mol. The van der Waals surface area contributed by atoms with Gasteiger partial charge in [-0.3, -0.25) is 9.78 Å². The highest BCUT2D eigenvalue weighted by atomic mass is 19.1. The van der Waals surface area contributed by atoms with Crippen LogP contribution >= 0.6 is 0 Å². The molecule has 0 atom stereocenters. The van der Waals surface area contributed by atoms with Crippen LogP contribution in [0.1, 0.15) is 21.5 Å². The molecule has 1 amide bonds. The maximum atomic E-state index is 13.2. The number of pyridine rings is 2. The molecule has 0 saturated carbocycles. The van der Waals surface area contributed by atoms with E-state index in [1.165, 1.54) is 24.5 Å². The Morgan fingerprint density at radius 2 is 1.70 bits per heavy atom. The number of hydrogen-bond acceptors (Lipinski definition) is 5. The van der Waals surface area contributed by atoms with E-state index in [0.717, 1.165) is 5.56 Å². The van der Waals surface area contributed by atoms with Crippen LogP contribution in [0.5, 0.6) is 11.6 Å². The fourth-order valence-corrected chi connectivity index (χ4v) is 3.99. The van der Waals surface area contributed by atoms with E-state index in [4.69, 9.17) is 0 Å². The first kappa shape index (κ1) is 18.1. The summed E-state index contributed by atoms with van der Waals surface area (Å²) in [6.07, 6.45) is 3.02. The second-order valence-electron chi connectivity index (χ2n) is 7.14. The summed E-state index contributed by atoms with van der Waals surface area (Å²) in [7, 11) is 0. The molecule has 0 spiro atoms. The lowest BCUT2D eigenvalue weighted by molar-refractivity contribution is 0.0764. The van der Waals surface area contributed by atoms with Gasteiger partial charge in [0, 0.05) is 42.0 Å². The molecule has 4 aromatic rings. The molecular formula is C23H16FN3O3.